The van der Waals surface area contributed by atoms with Gasteiger partial charge in [0.15, 0.2) is 17.6 Å². The number of terminal acetylenes is 1. The number of aliphatic carboxylic acids is 1. The highest BCUT2D eigenvalue weighted by atomic mass is 32.2. The largest absolute Gasteiger partial charge is 0.493 e. The fourth-order valence-electron chi connectivity index (χ4n) is 1.99. The summed E-state index contributed by atoms with van der Waals surface area (Å²) < 4.78 is 10.5. The van der Waals surface area contributed by atoms with Gasteiger partial charge in [0.25, 0.3) is 11.1 Å². The minimum absolute atomic E-state index is 0.0782. The van der Waals surface area contributed by atoms with E-state index in [2.05, 4.69) is 5.92 Å². The molecular weight excluding hydrogens is 346 g/mol. The van der Waals surface area contributed by atoms with Gasteiger partial charge in [0.1, 0.15) is 0 Å². The Morgan fingerprint density at radius 1 is 1.44 bits per heavy atom. The van der Waals surface area contributed by atoms with Crippen molar-refractivity contribution in [2.75, 3.05) is 13.7 Å². The van der Waals surface area contributed by atoms with Crippen molar-refractivity contribution in [2.24, 2.45) is 0 Å². The second-order valence-electron chi connectivity index (χ2n) is 4.98. The molecule has 2 amide bonds. The molecule has 1 aliphatic rings. The summed E-state index contributed by atoms with van der Waals surface area (Å²) in [4.78, 5) is 36.0. The van der Waals surface area contributed by atoms with Crippen LogP contribution in [0.2, 0.25) is 0 Å². The predicted molar refractivity (Wildman–Crippen MR) is 92.2 cm³/mol. The fraction of sp³-hybridized carbons (Fsp3) is 0.235. The van der Waals surface area contributed by atoms with Crippen LogP contribution in [0, 0.1) is 12.3 Å². The van der Waals surface area contributed by atoms with E-state index in [0.717, 1.165) is 16.7 Å². The Kier molecular flexibility index (Phi) is 5.72. The summed E-state index contributed by atoms with van der Waals surface area (Å²) in [6, 6.07) is 4.75. The van der Waals surface area contributed by atoms with Gasteiger partial charge >= 0.3 is 5.97 Å². The summed E-state index contributed by atoms with van der Waals surface area (Å²) in [5.74, 6) is 1.28. The Morgan fingerprint density at radius 3 is 2.76 bits per heavy atom. The van der Waals surface area contributed by atoms with Gasteiger partial charge in [-0.05, 0) is 42.5 Å². The first-order valence-corrected chi connectivity index (χ1v) is 7.95. The van der Waals surface area contributed by atoms with Crippen LogP contribution >= 0.6 is 11.8 Å². The van der Waals surface area contributed by atoms with Crippen LogP contribution in [0.3, 0.4) is 0 Å². The van der Waals surface area contributed by atoms with E-state index in [1.807, 2.05) is 0 Å². The van der Waals surface area contributed by atoms with Gasteiger partial charge in [-0.3, -0.25) is 14.5 Å². The number of carbonyl (C=O) groups excluding carboxylic acids is 2. The Bertz CT molecular complexity index is 795. The van der Waals surface area contributed by atoms with Crippen molar-refractivity contribution in [1.29, 1.82) is 0 Å². The van der Waals surface area contributed by atoms with Crippen molar-refractivity contribution >= 4 is 35.0 Å². The topological polar surface area (TPSA) is 93.1 Å². The molecule has 1 fully saturated rings. The molecule has 8 heteroatoms. The molecule has 1 N–H and O–H groups in total. The number of ether oxygens (including phenoxy) is 2. The molecule has 1 aromatic carbocycles. The smallest absolute Gasteiger partial charge is 0.344 e. The first-order valence-electron chi connectivity index (χ1n) is 7.13. The summed E-state index contributed by atoms with van der Waals surface area (Å²) in [5, 5.41) is 8.49. The summed E-state index contributed by atoms with van der Waals surface area (Å²) in [6.45, 7) is 1.32. The van der Waals surface area contributed by atoms with Crippen LogP contribution in [0.25, 0.3) is 6.08 Å². The number of nitrogens with zero attached hydrogens (tertiary/aromatic N) is 1. The van der Waals surface area contributed by atoms with Crippen molar-refractivity contribution in [1.82, 2.24) is 4.90 Å². The summed E-state index contributed by atoms with van der Waals surface area (Å²) >= 11 is 0.802. The highest BCUT2D eigenvalue weighted by Gasteiger charge is 2.34. The first kappa shape index (κ1) is 18.4. The Labute approximate surface area is 148 Å². The van der Waals surface area contributed by atoms with E-state index in [1.165, 1.54) is 26.2 Å². The van der Waals surface area contributed by atoms with Crippen molar-refractivity contribution in [2.45, 2.75) is 13.0 Å². The number of rotatable bonds is 6. The van der Waals surface area contributed by atoms with E-state index in [1.54, 1.807) is 12.1 Å². The molecule has 0 radical (unpaired) electrons. The van der Waals surface area contributed by atoms with Gasteiger partial charge in [0.2, 0.25) is 0 Å². The molecule has 0 saturated carbocycles. The number of benzene rings is 1. The Balaban J connectivity index is 2.27. The van der Waals surface area contributed by atoms with Gasteiger partial charge in [-0.25, -0.2) is 4.79 Å². The average Bonchev–Trinajstić information content (AvgIpc) is 2.83. The summed E-state index contributed by atoms with van der Waals surface area (Å²) in [6.07, 6.45) is 5.64. The lowest BCUT2D eigenvalue weighted by atomic mass is 10.2. The molecule has 7 nitrogen and oxygen atoms in total. The number of thioether (sulfide) groups is 1. The van der Waals surface area contributed by atoms with Crippen molar-refractivity contribution in [3.63, 3.8) is 0 Å². The third-order valence-electron chi connectivity index (χ3n) is 3.26. The highest BCUT2D eigenvalue weighted by molar-refractivity contribution is 8.18. The van der Waals surface area contributed by atoms with Gasteiger partial charge < -0.3 is 14.6 Å². The normalized spacial score (nSPS) is 16.7. The van der Waals surface area contributed by atoms with Crippen molar-refractivity contribution < 1.29 is 29.0 Å². The summed E-state index contributed by atoms with van der Waals surface area (Å²) in [5.41, 5.74) is 0.596. The molecule has 25 heavy (non-hydrogen) atoms. The minimum atomic E-state index is -1.10. The monoisotopic (exact) mass is 361 g/mol. The third kappa shape index (κ3) is 4.14. The van der Waals surface area contributed by atoms with Crippen LogP contribution in [0.1, 0.15) is 12.5 Å². The second kappa shape index (κ2) is 7.77. The molecule has 0 spiro atoms. The number of carboxylic acid groups (broad SMARTS) is 1. The number of carbonyl (C=O) groups is 3. The molecule has 1 saturated heterocycles. The average molecular weight is 361 g/mol. The van der Waals surface area contributed by atoms with E-state index in [4.69, 9.17) is 21.0 Å². The van der Waals surface area contributed by atoms with E-state index >= 15 is 0 Å². The van der Waals surface area contributed by atoms with Gasteiger partial charge in [0, 0.05) is 0 Å². The van der Waals surface area contributed by atoms with Gasteiger partial charge in [-0.1, -0.05) is 12.0 Å². The molecule has 0 aromatic heterocycles. The molecule has 1 atom stereocenters. The van der Waals surface area contributed by atoms with Crippen LogP contribution in [0.5, 0.6) is 11.5 Å². The van der Waals surface area contributed by atoms with Crippen molar-refractivity contribution in [3.05, 3.63) is 28.7 Å². The molecule has 1 aliphatic heterocycles. The number of hydrogen-bond acceptors (Lipinski definition) is 6. The Morgan fingerprint density at radius 2 is 2.16 bits per heavy atom. The van der Waals surface area contributed by atoms with Crippen LogP contribution in [-0.2, 0) is 9.59 Å². The number of amides is 2. The lowest BCUT2D eigenvalue weighted by Crippen LogP contribution is -2.28. The number of imide groups is 1. The van der Waals surface area contributed by atoms with E-state index in [9.17, 15) is 14.4 Å². The van der Waals surface area contributed by atoms with Gasteiger partial charge in [-0.2, -0.15) is 0 Å². The molecule has 2 rings (SSSR count). The third-order valence-corrected chi connectivity index (χ3v) is 4.17. The standard InChI is InChI=1S/C17H15NO6S/c1-4-7-18-15(19)14(25-17(18)22)9-11-5-6-12(13(8-11)23-3)24-10(2)16(20)21/h1,5-6,8-10H,7H2,2-3H3,(H,20,21)/b14-9-/t10-/m0/s1. The predicted octanol–water partition coefficient (Wildman–Crippen LogP) is 2.22. The zero-order valence-electron chi connectivity index (χ0n) is 13.5. The van der Waals surface area contributed by atoms with E-state index in [0.29, 0.717) is 11.3 Å². The maximum atomic E-state index is 12.2. The first-order chi connectivity index (χ1) is 11.9. The van der Waals surface area contributed by atoms with Gasteiger partial charge in [0.05, 0.1) is 18.6 Å². The number of carboxylic acids is 1. The molecule has 1 heterocycles. The fourth-order valence-corrected chi connectivity index (χ4v) is 2.83. The molecule has 130 valence electrons. The lowest BCUT2D eigenvalue weighted by Gasteiger charge is -2.14. The Hall–Kier alpha value is -2.92. The van der Waals surface area contributed by atoms with Gasteiger partial charge in [-0.15, -0.1) is 6.42 Å². The molecule has 1 aromatic rings. The van der Waals surface area contributed by atoms with Crippen LogP contribution < -0.4 is 9.47 Å². The molecule has 0 unspecified atom stereocenters. The number of methoxy groups -OCH3 is 1. The van der Waals surface area contributed by atoms with Crippen LogP contribution in [0.4, 0.5) is 4.79 Å². The quantitative estimate of drug-likeness (QED) is 0.613. The molecule has 0 aliphatic carbocycles. The maximum Gasteiger partial charge on any atom is 0.344 e. The zero-order chi connectivity index (χ0) is 18.6. The second-order valence-corrected chi connectivity index (χ2v) is 5.97. The van der Waals surface area contributed by atoms with Crippen LogP contribution in [-0.4, -0.2) is 46.9 Å². The minimum Gasteiger partial charge on any atom is -0.493 e. The highest BCUT2D eigenvalue weighted by Crippen LogP contribution is 2.34. The number of hydrogen-bond donors (Lipinski definition) is 1. The lowest BCUT2D eigenvalue weighted by molar-refractivity contribution is -0.144. The van der Waals surface area contributed by atoms with E-state index in [-0.39, 0.29) is 17.2 Å². The molecular formula is C17H15NO6S. The summed E-state index contributed by atoms with van der Waals surface area (Å²) in [7, 11) is 1.41. The van der Waals surface area contributed by atoms with Crippen LogP contribution in [0.15, 0.2) is 23.1 Å². The SMILES string of the molecule is C#CCN1C(=O)S/C(=C\c2ccc(O[C@@H](C)C(=O)O)c(OC)c2)C1=O. The zero-order valence-corrected chi connectivity index (χ0v) is 14.3. The molecule has 0 bridgehead atoms. The van der Waals surface area contributed by atoms with Crippen molar-refractivity contribution in [3.8, 4) is 23.8 Å². The van der Waals surface area contributed by atoms with E-state index < -0.39 is 23.2 Å². The maximum absolute atomic E-state index is 12.2.